The van der Waals surface area contributed by atoms with E-state index in [9.17, 15) is 0 Å². The molecule has 6 rings (SSSR count). The van der Waals surface area contributed by atoms with Crippen LogP contribution in [0.25, 0.3) is 49.9 Å². The number of fused-ring (bicyclic) bond motifs is 4. The van der Waals surface area contributed by atoms with Crippen LogP contribution in [-0.2, 0) is 0 Å². The molecule has 4 nitrogen and oxygen atoms in total. The Morgan fingerprint density at radius 1 is 0.875 bits per heavy atom. The first kappa shape index (κ1) is 19.0. The van der Waals surface area contributed by atoms with Crippen molar-refractivity contribution >= 4 is 39.0 Å². The Hall–Kier alpha value is -3.76. The number of nitrogens with one attached hydrogen (secondary N) is 1. The topological polar surface area (TPSA) is 36.9 Å². The van der Waals surface area contributed by atoms with E-state index in [0.717, 1.165) is 33.5 Å². The van der Waals surface area contributed by atoms with Gasteiger partial charge in [-0.05, 0) is 47.9 Å². The molecule has 0 saturated heterocycles. The van der Waals surface area contributed by atoms with Crippen LogP contribution in [0.2, 0.25) is 5.02 Å². The van der Waals surface area contributed by atoms with Crippen LogP contribution in [0.5, 0.6) is 0 Å². The molecule has 2 aliphatic rings. The van der Waals surface area contributed by atoms with E-state index in [-0.39, 0.29) is 0 Å². The monoisotopic (exact) mass is 436 g/mol. The van der Waals surface area contributed by atoms with Gasteiger partial charge in [-0.25, -0.2) is 0 Å². The number of nitrogens with zero attached hydrogens (tertiary/aromatic N) is 3. The average molecular weight is 437 g/mol. The highest BCUT2D eigenvalue weighted by atomic mass is 35.5. The maximum absolute atomic E-state index is 6.23. The summed E-state index contributed by atoms with van der Waals surface area (Å²) in [7, 11) is 4.11. The van der Waals surface area contributed by atoms with Crippen molar-refractivity contribution in [1.29, 1.82) is 0 Å². The van der Waals surface area contributed by atoms with Crippen molar-refractivity contribution in [2.24, 2.45) is 0 Å². The molecule has 1 N–H and O–H groups in total. The summed E-state index contributed by atoms with van der Waals surface area (Å²) in [6.45, 7) is 0. The molecule has 4 aromatic rings. The lowest BCUT2D eigenvalue weighted by Gasteiger charge is -2.12. The molecule has 0 bridgehead atoms. The molecule has 0 saturated carbocycles. The van der Waals surface area contributed by atoms with E-state index in [1.807, 2.05) is 30.5 Å². The zero-order valence-corrected chi connectivity index (χ0v) is 18.6. The fourth-order valence-electron chi connectivity index (χ4n) is 4.49. The molecular formula is C27H21ClN4. The standard InChI is InChI=1S/C27H21ClN4/c1-31(2)20-10-7-17(8-11-20)26-23-15-18-5-3-4-6-21(18)27(23)32(30-26)25-13-14-29-24-16-19(28)9-12-22(24)25/h3-16,30H,1-2H3. The van der Waals surface area contributed by atoms with Gasteiger partial charge in [0.25, 0.3) is 0 Å². The van der Waals surface area contributed by atoms with E-state index in [1.54, 1.807) is 0 Å². The summed E-state index contributed by atoms with van der Waals surface area (Å²) in [6.07, 6.45) is 1.84. The molecule has 3 aromatic carbocycles. The fraction of sp³-hybridized carbons (Fsp3) is 0.0741. The maximum atomic E-state index is 6.23. The first-order chi connectivity index (χ1) is 15.6. The molecule has 0 spiro atoms. The van der Waals surface area contributed by atoms with Gasteiger partial charge < -0.3 is 4.90 Å². The summed E-state index contributed by atoms with van der Waals surface area (Å²) in [5, 5.41) is 7.87. The van der Waals surface area contributed by atoms with E-state index in [4.69, 9.17) is 11.6 Å². The van der Waals surface area contributed by atoms with Gasteiger partial charge in [0.05, 0.1) is 22.6 Å². The quantitative estimate of drug-likeness (QED) is 0.324. The zero-order valence-electron chi connectivity index (χ0n) is 17.8. The lowest BCUT2D eigenvalue weighted by molar-refractivity contribution is 0.905. The molecule has 0 amide bonds. The highest BCUT2D eigenvalue weighted by Gasteiger charge is 2.23. The van der Waals surface area contributed by atoms with Crippen molar-refractivity contribution in [2.45, 2.75) is 0 Å². The van der Waals surface area contributed by atoms with E-state index < -0.39 is 0 Å². The van der Waals surface area contributed by atoms with Crippen LogP contribution in [0.3, 0.4) is 0 Å². The van der Waals surface area contributed by atoms with Gasteiger partial charge in [0.2, 0.25) is 0 Å². The van der Waals surface area contributed by atoms with E-state index in [1.165, 1.54) is 22.0 Å². The van der Waals surface area contributed by atoms with Gasteiger partial charge in [0, 0.05) is 52.9 Å². The second-order valence-corrected chi connectivity index (χ2v) is 8.69. The van der Waals surface area contributed by atoms with Crippen molar-refractivity contribution in [2.75, 3.05) is 19.0 Å². The molecule has 5 heteroatoms. The summed E-state index contributed by atoms with van der Waals surface area (Å²) in [6, 6.07) is 27.4. The SMILES string of the molecule is CN(C)c1ccc(-c2[nH]n(-c3ccnc4cc(Cl)ccc34)c3c4ccccc4cc2-3)cc1. The van der Waals surface area contributed by atoms with Crippen LogP contribution < -0.4 is 4.90 Å². The third-order valence-corrected chi connectivity index (χ3v) is 6.32. The number of rotatable bonds is 3. The molecule has 2 heterocycles. The first-order valence-corrected chi connectivity index (χ1v) is 10.9. The molecule has 0 radical (unpaired) electrons. The number of aromatic nitrogens is 3. The van der Waals surface area contributed by atoms with Gasteiger partial charge in [-0.1, -0.05) is 48.0 Å². The smallest absolute Gasteiger partial charge is 0.0803 e. The Balaban J connectivity index is 1.65. The number of aromatic amines is 1. The third kappa shape index (κ3) is 2.88. The molecule has 1 aliphatic heterocycles. The highest BCUT2D eigenvalue weighted by Crippen LogP contribution is 2.43. The van der Waals surface area contributed by atoms with E-state index in [0.29, 0.717) is 5.02 Å². The van der Waals surface area contributed by atoms with Crippen LogP contribution in [0.15, 0.2) is 85.1 Å². The summed E-state index contributed by atoms with van der Waals surface area (Å²) >= 11 is 6.23. The molecule has 0 atom stereocenters. The minimum atomic E-state index is 0.684. The largest absolute Gasteiger partial charge is 0.378 e. The van der Waals surface area contributed by atoms with Crippen LogP contribution in [-0.4, -0.2) is 28.9 Å². The zero-order chi connectivity index (χ0) is 21.8. The Morgan fingerprint density at radius 2 is 1.69 bits per heavy atom. The second kappa shape index (κ2) is 7.14. The number of H-pyrrole nitrogens is 1. The Morgan fingerprint density at radius 3 is 2.50 bits per heavy atom. The average Bonchev–Trinajstić information content (AvgIpc) is 3.36. The van der Waals surface area contributed by atoms with Crippen molar-refractivity contribution in [3.8, 4) is 28.2 Å². The fourth-order valence-corrected chi connectivity index (χ4v) is 4.66. The van der Waals surface area contributed by atoms with Gasteiger partial charge >= 0.3 is 0 Å². The second-order valence-electron chi connectivity index (χ2n) is 8.25. The van der Waals surface area contributed by atoms with Crippen LogP contribution in [0, 0.1) is 0 Å². The van der Waals surface area contributed by atoms with Crippen molar-refractivity contribution in [3.05, 3.63) is 90.1 Å². The lowest BCUT2D eigenvalue weighted by atomic mass is 10.1. The van der Waals surface area contributed by atoms with Crippen molar-refractivity contribution in [1.82, 2.24) is 14.8 Å². The van der Waals surface area contributed by atoms with Gasteiger partial charge in [-0.3, -0.25) is 14.8 Å². The number of pyridine rings is 1. The van der Waals surface area contributed by atoms with Crippen molar-refractivity contribution in [3.63, 3.8) is 0 Å². The molecule has 156 valence electrons. The number of benzene rings is 3. The summed E-state index contributed by atoms with van der Waals surface area (Å²) in [5.74, 6) is 0. The van der Waals surface area contributed by atoms with Crippen LogP contribution >= 0.6 is 11.6 Å². The van der Waals surface area contributed by atoms with E-state index in [2.05, 4.69) is 88.4 Å². The summed E-state index contributed by atoms with van der Waals surface area (Å²) in [5.41, 5.74) is 7.70. The highest BCUT2D eigenvalue weighted by molar-refractivity contribution is 6.31. The lowest BCUT2D eigenvalue weighted by Crippen LogP contribution is -2.07. The number of hydrogen-bond donors (Lipinski definition) is 1. The van der Waals surface area contributed by atoms with Gasteiger partial charge in [0.15, 0.2) is 0 Å². The maximum Gasteiger partial charge on any atom is 0.0803 e. The normalized spacial score (nSPS) is 11.6. The van der Waals surface area contributed by atoms with E-state index >= 15 is 0 Å². The third-order valence-electron chi connectivity index (χ3n) is 6.08. The molecular weight excluding hydrogens is 416 g/mol. The summed E-state index contributed by atoms with van der Waals surface area (Å²) in [4.78, 5) is 6.64. The first-order valence-electron chi connectivity index (χ1n) is 10.5. The molecule has 32 heavy (non-hydrogen) atoms. The van der Waals surface area contributed by atoms with Crippen LogP contribution in [0.4, 0.5) is 5.69 Å². The number of halogens is 1. The van der Waals surface area contributed by atoms with Crippen molar-refractivity contribution < 1.29 is 0 Å². The van der Waals surface area contributed by atoms with Crippen LogP contribution in [0.1, 0.15) is 0 Å². The Kier molecular flexibility index (Phi) is 4.23. The molecule has 0 fully saturated rings. The minimum absolute atomic E-state index is 0.684. The molecule has 1 aromatic heterocycles. The van der Waals surface area contributed by atoms with Gasteiger partial charge in [-0.15, -0.1) is 0 Å². The Labute approximate surface area is 191 Å². The Bertz CT molecular complexity index is 1560. The molecule has 0 unspecified atom stereocenters. The predicted molar refractivity (Wildman–Crippen MR) is 134 cm³/mol. The number of anilines is 1. The van der Waals surface area contributed by atoms with Gasteiger partial charge in [0.1, 0.15) is 0 Å². The predicted octanol–water partition coefficient (Wildman–Crippen LogP) is 7.00. The summed E-state index contributed by atoms with van der Waals surface area (Å²) < 4.78 is 2.19. The molecule has 1 aliphatic carbocycles. The van der Waals surface area contributed by atoms with Gasteiger partial charge in [-0.2, -0.15) is 0 Å². The minimum Gasteiger partial charge on any atom is -0.378 e. The number of hydrogen-bond acceptors (Lipinski definition) is 2.